The number of oxazole rings is 1. The van der Waals surface area contributed by atoms with Crippen LogP contribution in [-0.4, -0.2) is 9.55 Å². The van der Waals surface area contributed by atoms with E-state index in [-0.39, 0.29) is 0 Å². The Morgan fingerprint density at radius 2 is 1.45 bits per heavy atom. The quantitative estimate of drug-likeness (QED) is 0.305. The molecule has 0 aliphatic carbocycles. The van der Waals surface area contributed by atoms with E-state index in [0.717, 1.165) is 35.2 Å². The van der Waals surface area contributed by atoms with Crippen LogP contribution in [0.1, 0.15) is 18.9 Å². The number of hydrogen-bond acceptors (Lipinski definition) is 2. The second kappa shape index (κ2) is 7.13. The summed E-state index contributed by atoms with van der Waals surface area (Å²) in [6.45, 7) is 2.19. The number of hydrogen-bond donors (Lipinski definition) is 0. The molecule has 3 heteroatoms. The third-order valence-corrected chi connectivity index (χ3v) is 5.94. The van der Waals surface area contributed by atoms with Crippen LogP contribution in [0.2, 0.25) is 0 Å². The van der Waals surface area contributed by atoms with Crippen LogP contribution in [0.4, 0.5) is 0 Å². The second-order valence-corrected chi connectivity index (χ2v) is 7.99. The van der Waals surface area contributed by atoms with E-state index in [1.165, 1.54) is 27.4 Å². The SMILES string of the molecule is CCCc1ccc2oc(-c3ccc(-n4c5ccccc5c5ccccc54)cc3)nc2c1. The Balaban J connectivity index is 1.44. The molecule has 2 aromatic heterocycles. The fourth-order valence-corrected chi connectivity index (χ4v) is 4.49. The van der Waals surface area contributed by atoms with Gasteiger partial charge in [0.25, 0.3) is 0 Å². The highest BCUT2D eigenvalue weighted by Crippen LogP contribution is 2.33. The van der Waals surface area contributed by atoms with E-state index in [1.54, 1.807) is 0 Å². The lowest BCUT2D eigenvalue weighted by atomic mass is 10.1. The summed E-state index contributed by atoms with van der Waals surface area (Å²) in [6, 6.07) is 31.9. The molecule has 0 fully saturated rings. The van der Waals surface area contributed by atoms with Crippen LogP contribution in [0, 0.1) is 0 Å². The zero-order chi connectivity index (χ0) is 20.8. The van der Waals surface area contributed by atoms with Gasteiger partial charge in [-0.05, 0) is 60.5 Å². The zero-order valence-corrected chi connectivity index (χ0v) is 17.4. The standard InChI is InChI=1S/C28H22N2O/c1-2-7-19-12-17-27-24(18-19)29-28(31-27)20-13-15-21(16-14-20)30-25-10-5-3-8-22(25)23-9-4-6-11-26(23)30/h3-6,8-18H,2,7H2,1H3. The average Bonchev–Trinajstić information content (AvgIpc) is 3.38. The van der Waals surface area contributed by atoms with Crippen molar-refractivity contribution >= 4 is 32.9 Å². The summed E-state index contributed by atoms with van der Waals surface area (Å²) in [7, 11) is 0. The first kappa shape index (κ1) is 18.0. The van der Waals surface area contributed by atoms with Gasteiger partial charge in [0.05, 0.1) is 11.0 Å². The van der Waals surface area contributed by atoms with Gasteiger partial charge >= 0.3 is 0 Å². The Hall–Kier alpha value is -3.85. The van der Waals surface area contributed by atoms with Crippen molar-refractivity contribution in [3.8, 4) is 17.1 Å². The lowest BCUT2D eigenvalue weighted by Gasteiger charge is -2.08. The van der Waals surface area contributed by atoms with Crippen molar-refractivity contribution in [3.05, 3.63) is 96.6 Å². The van der Waals surface area contributed by atoms with Crippen LogP contribution in [0.3, 0.4) is 0 Å². The number of benzene rings is 4. The number of rotatable bonds is 4. The number of fused-ring (bicyclic) bond motifs is 4. The largest absolute Gasteiger partial charge is 0.436 e. The summed E-state index contributed by atoms with van der Waals surface area (Å²) in [5, 5.41) is 2.54. The highest BCUT2D eigenvalue weighted by atomic mass is 16.3. The molecule has 0 N–H and O–H groups in total. The van der Waals surface area contributed by atoms with Crippen molar-refractivity contribution in [2.24, 2.45) is 0 Å². The van der Waals surface area contributed by atoms with Crippen LogP contribution in [-0.2, 0) is 6.42 Å². The van der Waals surface area contributed by atoms with Crippen molar-refractivity contribution in [1.82, 2.24) is 9.55 Å². The highest BCUT2D eigenvalue weighted by molar-refractivity contribution is 6.09. The molecular weight excluding hydrogens is 380 g/mol. The monoisotopic (exact) mass is 402 g/mol. The van der Waals surface area contributed by atoms with E-state index in [9.17, 15) is 0 Å². The number of para-hydroxylation sites is 2. The summed E-state index contributed by atoms with van der Waals surface area (Å²) in [5.74, 6) is 0.664. The van der Waals surface area contributed by atoms with Crippen molar-refractivity contribution in [1.29, 1.82) is 0 Å². The topological polar surface area (TPSA) is 31.0 Å². The molecule has 0 aliphatic rings. The van der Waals surface area contributed by atoms with E-state index in [0.29, 0.717) is 5.89 Å². The van der Waals surface area contributed by atoms with Gasteiger partial charge in [0, 0.05) is 22.0 Å². The summed E-state index contributed by atoms with van der Waals surface area (Å²) >= 11 is 0. The van der Waals surface area contributed by atoms with Crippen molar-refractivity contribution in [2.75, 3.05) is 0 Å². The molecule has 6 rings (SSSR count). The first-order chi connectivity index (χ1) is 15.3. The summed E-state index contributed by atoms with van der Waals surface area (Å²) in [5.41, 5.74) is 7.59. The Kier molecular flexibility index (Phi) is 4.13. The van der Waals surface area contributed by atoms with E-state index >= 15 is 0 Å². The maximum absolute atomic E-state index is 6.04. The third-order valence-electron chi connectivity index (χ3n) is 5.94. The maximum atomic E-state index is 6.04. The number of nitrogens with zero attached hydrogens (tertiary/aromatic N) is 2. The van der Waals surface area contributed by atoms with Crippen molar-refractivity contribution < 1.29 is 4.42 Å². The third kappa shape index (κ3) is 2.93. The molecule has 0 aliphatic heterocycles. The molecule has 2 heterocycles. The predicted octanol–water partition coefficient (Wildman–Crippen LogP) is 7.54. The summed E-state index contributed by atoms with van der Waals surface area (Å²) in [4.78, 5) is 4.74. The Labute approximate surface area is 180 Å². The Morgan fingerprint density at radius 3 is 2.13 bits per heavy atom. The molecule has 0 radical (unpaired) electrons. The molecule has 0 saturated carbocycles. The fraction of sp³-hybridized carbons (Fsp3) is 0.107. The van der Waals surface area contributed by atoms with Gasteiger partial charge in [-0.25, -0.2) is 4.98 Å². The molecule has 3 nitrogen and oxygen atoms in total. The Morgan fingerprint density at radius 1 is 0.774 bits per heavy atom. The van der Waals surface area contributed by atoms with E-state index < -0.39 is 0 Å². The smallest absolute Gasteiger partial charge is 0.227 e. The highest BCUT2D eigenvalue weighted by Gasteiger charge is 2.13. The lowest BCUT2D eigenvalue weighted by Crippen LogP contribution is -1.93. The van der Waals surface area contributed by atoms with Crippen LogP contribution < -0.4 is 0 Å². The van der Waals surface area contributed by atoms with Gasteiger partial charge in [0.2, 0.25) is 5.89 Å². The molecule has 4 aromatic carbocycles. The van der Waals surface area contributed by atoms with Crippen LogP contribution in [0.25, 0.3) is 50.0 Å². The van der Waals surface area contributed by atoms with Crippen molar-refractivity contribution in [2.45, 2.75) is 19.8 Å². The molecule has 0 bridgehead atoms. The molecule has 150 valence electrons. The minimum absolute atomic E-state index is 0.664. The minimum Gasteiger partial charge on any atom is -0.436 e. The van der Waals surface area contributed by atoms with Crippen molar-refractivity contribution in [3.63, 3.8) is 0 Å². The van der Waals surface area contributed by atoms with Gasteiger partial charge in [-0.1, -0.05) is 55.8 Å². The van der Waals surface area contributed by atoms with Gasteiger partial charge < -0.3 is 8.98 Å². The van der Waals surface area contributed by atoms with Gasteiger partial charge in [0.15, 0.2) is 5.58 Å². The number of aromatic nitrogens is 2. The van der Waals surface area contributed by atoms with Gasteiger partial charge in [0.1, 0.15) is 5.52 Å². The molecule has 0 atom stereocenters. The summed E-state index contributed by atoms with van der Waals surface area (Å²) in [6.07, 6.45) is 2.19. The predicted molar refractivity (Wildman–Crippen MR) is 128 cm³/mol. The number of aryl methyl sites for hydroxylation is 1. The second-order valence-electron chi connectivity index (χ2n) is 7.99. The van der Waals surface area contributed by atoms with E-state index in [2.05, 4.69) is 96.4 Å². The first-order valence-electron chi connectivity index (χ1n) is 10.8. The van der Waals surface area contributed by atoms with Gasteiger partial charge in [-0.15, -0.1) is 0 Å². The molecular formula is C28H22N2O. The van der Waals surface area contributed by atoms with Crippen LogP contribution in [0.15, 0.2) is 95.4 Å². The molecule has 0 amide bonds. The molecule has 0 unspecified atom stereocenters. The zero-order valence-electron chi connectivity index (χ0n) is 17.4. The average molecular weight is 402 g/mol. The normalized spacial score (nSPS) is 11.6. The van der Waals surface area contributed by atoms with E-state index in [1.807, 2.05) is 6.07 Å². The van der Waals surface area contributed by atoms with Gasteiger partial charge in [-0.3, -0.25) is 0 Å². The maximum Gasteiger partial charge on any atom is 0.227 e. The first-order valence-corrected chi connectivity index (χ1v) is 10.8. The minimum atomic E-state index is 0.664. The van der Waals surface area contributed by atoms with E-state index in [4.69, 9.17) is 9.40 Å². The van der Waals surface area contributed by atoms with Crippen LogP contribution in [0.5, 0.6) is 0 Å². The lowest BCUT2D eigenvalue weighted by molar-refractivity contribution is 0.620. The van der Waals surface area contributed by atoms with Gasteiger partial charge in [-0.2, -0.15) is 0 Å². The molecule has 6 aromatic rings. The Bertz CT molecular complexity index is 1480. The fourth-order valence-electron chi connectivity index (χ4n) is 4.49. The molecule has 0 spiro atoms. The van der Waals surface area contributed by atoms with Crippen LogP contribution >= 0.6 is 0 Å². The molecule has 31 heavy (non-hydrogen) atoms. The summed E-state index contributed by atoms with van der Waals surface area (Å²) < 4.78 is 8.36. The molecule has 0 saturated heterocycles.